The zero-order valence-electron chi connectivity index (χ0n) is 18.6. The number of anilines is 2. The number of carbonyl (C=O) groups is 1. The molecule has 180 valence electrons. The number of ether oxygens (including phenoxy) is 3. The second-order valence-electron chi connectivity index (χ2n) is 7.65. The zero-order valence-corrected chi connectivity index (χ0v) is 18.6. The standard InChI is InChI=1S/C23H23F3N4O4/c1-32-15-7-5-14(6-8-15)27-22(31)17-12-21-28-16(11-20(23(24,25)26)30(21)29-17)13-4-9-18(33-2)19(10-13)34-3/h4-10,12,16,20,28H,11H2,1-3H3,(H,27,31). The monoisotopic (exact) mass is 476 g/mol. The Morgan fingerprint density at radius 1 is 1.03 bits per heavy atom. The highest BCUT2D eigenvalue weighted by Gasteiger charge is 2.47. The van der Waals surface area contributed by atoms with Gasteiger partial charge in [0.05, 0.1) is 27.4 Å². The van der Waals surface area contributed by atoms with Gasteiger partial charge >= 0.3 is 6.18 Å². The molecule has 0 aliphatic carbocycles. The van der Waals surface area contributed by atoms with Crippen LogP contribution in [0.3, 0.4) is 0 Å². The minimum Gasteiger partial charge on any atom is -0.497 e. The quantitative estimate of drug-likeness (QED) is 0.531. The smallest absolute Gasteiger partial charge is 0.410 e. The largest absolute Gasteiger partial charge is 0.497 e. The fourth-order valence-electron chi connectivity index (χ4n) is 3.84. The summed E-state index contributed by atoms with van der Waals surface area (Å²) in [5.41, 5.74) is 0.907. The molecule has 2 N–H and O–H groups in total. The summed E-state index contributed by atoms with van der Waals surface area (Å²) in [5.74, 6) is 0.945. The van der Waals surface area contributed by atoms with Crippen LogP contribution < -0.4 is 24.8 Å². The lowest BCUT2D eigenvalue weighted by atomic mass is 9.96. The topological polar surface area (TPSA) is 86.6 Å². The summed E-state index contributed by atoms with van der Waals surface area (Å²) in [4.78, 5) is 12.7. The Hall–Kier alpha value is -3.89. The molecular weight excluding hydrogens is 453 g/mol. The number of methoxy groups -OCH3 is 3. The van der Waals surface area contributed by atoms with Gasteiger partial charge in [-0.1, -0.05) is 6.07 Å². The lowest BCUT2D eigenvalue weighted by molar-refractivity contribution is -0.173. The van der Waals surface area contributed by atoms with Crippen molar-refractivity contribution in [2.45, 2.75) is 24.7 Å². The molecule has 1 aliphatic rings. The molecule has 2 unspecified atom stereocenters. The summed E-state index contributed by atoms with van der Waals surface area (Å²) in [6, 6.07) is 10.2. The minimum absolute atomic E-state index is 0.0910. The molecule has 2 atom stereocenters. The number of alkyl halides is 3. The summed E-state index contributed by atoms with van der Waals surface area (Å²) in [5, 5.41) is 9.67. The molecule has 3 aromatic rings. The molecule has 0 radical (unpaired) electrons. The van der Waals surface area contributed by atoms with E-state index in [1.807, 2.05) is 0 Å². The Labute approximate surface area is 193 Å². The van der Waals surface area contributed by atoms with Gasteiger partial charge in [0.25, 0.3) is 5.91 Å². The van der Waals surface area contributed by atoms with Crippen LogP contribution in [0.25, 0.3) is 0 Å². The van der Waals surface area contributed by atoms with Crippen molar-refractivity contribution in [1.82, 2.24) is 9.78 Å². The van der Waals surface area contributed by atoms with Crippen molar-refractivity contribution in [2.24, 2.45) is 0 Å². The van der Waals surface area contributed by atoms with Crippen LogP contribution in [0.1, 0.15) is 34.6 Å². The van der Waals surface area contributed by atoms with Gasteiger partial charge in [-0.15, -0.1) is 0 Å². The molecule has 0 spiro atoms. The van der Waals surface area contributed by atoms with Gasteiger partial charge in [-0.2, -0.15) is 18.3 Å². The van der Waals surface area contributed by atoms with Crippen LogP contribution in [0, 0.1) is 0 Å². The lowest BCUT2D eigenvalue weighted by Crippen LogP contribution is -2.35. The Morgan fingerprint density at radius 3 is 2.35 bits per heavy atom. The molecule has 2 aromatic carbocycles. The van der Waals surface area contributed by atoms with E-state index in [1.54, 1.807) is 42.5 Å². The number of rotatable bonds is 6. The van der Waals surface area contributed by atoms with Gasteiger partial charge in [0.15, 0.2) is 23.2 Å². The first kappa shape index (κ1) is 23.3. The first-order valence-corrected chi connectivity index (χ1v) is 10.3. The third-order valence-corrected chi connectivity index (χ3v) is 5.58. The Bertz CT molecular complexity index is 1180. The minimum atomic E-state index is -4.57. The van der Waals surface area contributed by atoms with Crippen molar-refractivity contribution < 1.29 is 32.2 Å². The van der Waals surface area contributed by atoms with Crippen molar-refractivity contribution >= 4 is 17.4 Å². The van der Waals surface area contributed by atoms with Crippen molar-refractivity contribution in [3.63, 3.8) is 0 Å². The van der Waals surface area contributed by atoms with E-state index in [9.17, 15) is 18.0 Å². The Kier molecular flexibility index (Phi) is 6.27. The van der Waals surface area contributed by atoms with Crippen molar-refractivity contribution in [1.29, 1.82) is 0 Å². The number of nitrogens with zero attached hydrogens (tertiary/aromatic N) is 2. The number of halogens is 3. The molecule has 1 aliphatic heterocycles. The number of hydrogen-bond donors (Lipinski definition) is 2. The van der Waals surface area contributed by atoms with Crippen molar-refractivity contribution in [3.05, 3.63) is 59.8 Å². The van der Waals surface area contributed by atoms with Crippen LogP contribution in [0.4, 0.5) is 24.7 Å². The van der Waals surface area contributed by atoms with E-state index in [1.165, 1.54) is 27.4 Å². The summed E-state index contributed by atoms with van der Waals surface area (Å²) in [7, 11) is 4.45. The summed E-state index contributed by atoms with van der Waals surface area (Å²) >= 11 is 0. The number of fused-ring (bicyclic) bond motifs is 1. The number of benzene rings is 2. The maximum atomic E-state index is 14.0. The molecule has 2 heterocycles. The van der Waals surface area contributed by atoms with Gasteiger partial charge in [0.2, 0.25) is 0 Å². The van der Waals surface area contributed by atoms with Gasteiger partial charge in [-0.05, 0) is 42.0 Å². The third-order valence-electron chi connectivity index (χ3n) is 5.58. The van der Waals surface area contributed by atoms with E-state index in [2.05, 4.69) is 15.7 Å². The predicted octanol–water partition coefficient (Wildman–Crippen LogP) is 4.82. The summed E-state index contributed by atoms with van der Waals surface area (Å²) < 4.78 is 58.3. The second-order valence-corrected chi connectivity index (χ2v) is 7.65. The maximum absolute atomic E-state index is 14.0. The van der Waals surface area contributed by atoms with Crippen LogP contribution in [-0.4, -0.2) is 43.2 Å². The summed E-state index contributed by atoms with van der Waals surface area (Å²) in [6.07, 6.45) is -4.88. The van der Waals surface area contributed by atoms with Crippen LogP contribution in [0.2, 0.25) is 0 Å². The maximum Gasteiger partial charge on any atom is 0.410 e. The van der Waals surface area contributed by atoms with E-state index in [0.29, 0.717) is 28.5 Å². The number of nitrogens with one attached hydrogen (secondary N) is 2. The second kappa shape index (κ2) is 9.16. The highest BCUT2D eigenvalue weighted by atomic mass is 19.4. The molecule has 0 bridgehead atoms. The SMILES string of the molecule is COc1ccc(NC(=O)c2cc3n(n2)C(C(F)(F)F)CC(c2ccc(OC)c(OC)c2)N3)cc1. The normalized spacial score (nSPS) is 17.4. The fraction of sp³-hybridized carbons (Fsp3) is 0.304. The number of aromatic nitrogens is 2. The van der Waals surface area contributed by atoms with E-state index < -0.39 is 24.2 Å². The lowest BCUT2D eigenvalue weighted by Gasteiger charge is -2.33. The molecule has 0 saturated carbocycles. The van der Waals surface area contributed by atoms with Gasteiger partial charge in [0, 0.05) is 18.2 Å². The molecule has 1 aromatic heterocycles. The average Bonchev–Trinajstić information content (AvgIpc) is 3.27. The Balaban J connectivity index is 1.62. The van der Waals surface area contributed by atoms with Gasteiger partial charge in [0.1, 0.15) is 11.6 Å². The Morgan fingerprint density at radius 2 is 1.74 bits per heavy atom. The van der Waals surface area contributed by atoms with Crippen LogP contribution in [0.5, 0.6) is 17.2 Å². The fourth-order valence-corrected chi connectivity index (χ4v) is 3.84. The number of hydrogen-bond acceptors (Lipinski definition) is 6. The number of amides is 1. The molecule has 11 heteroatoms. The summed E-state index contributed by atoms with van der Waals surface area (Å²) in [6.45, 7) is 0. The zero-order chi connectivity index (χ0) is 24.5. The van der Waals surface area contributed by atoms with Crippen LogP contribution in [0.15, 0.2) is 48.5 Å². The van der Waals surface area contributed by atoms with Gasteiger partial charge in [-0.3, -0.25) is 4.79 Å². The molecule has 4 rings (SSSR count). The van der Waals surface area contributed by atoms with E-state index in [-0.39, 0.29) is 17.9 Å². The molecule has 0 fully saturated rings. The van der Waals surface area contributed by atoms with Crippen LogP contribution >= 0.6 is 0 Å². The van der Waals surface area contributed by atoms with E-state index in [0.717, 1.165) is 4.68 Å². The average molecular weight is 476 g/mol. The number of carbonyl (C=O) groups excluding carboxylic acids is 1. The first-order chi connectivity index (χ1) is 16.2. The van der Waals surface area contributed by atoms with E-state index >= 15 is 0 Å². The highest BCUT2D eigenvalue weighted by Crippen LogP contribution is 2.44. The molecular formula is C23H23F3N4O4. The molecule has 1 amide bonds. The first-order valence-electron chi connectivity index (χ1n) is 10.3. The molecule has 0 saturated heterocycles. The molecule has 34 heavy (non-hydrogen) atoms. The van der Waals surface area contributed by atoms with Gasteiger partial charge < -0.3 is 24.8 Å². The van der Waals surface area contributed by atoms with Gasteiger partial charge in [-0.25, -0.2) is 4.68 Å². The third kappa shape index (κ3) is 4.59. The predicted molar refractivity (Wildman–Crippen MR) is 119 cm³/mol. The molecule has 8 nitrogen and oxygen atoms in total. The van der Waals surface area contributed by atoms with E-state index in [4.69, 9.17) is 14.2 Å². The van der Waals surface area contributed by atoms with Crippen molar-refractivity contribution in [2.75, 3.05) is 32.0 Å². The van der Waals surface area contributed by atoms with Crippen LogP contribution in [-0.2, 0) is 0 Å². The van der Waals surface area contributed by atoms with Crippen molar-refractivity contribution in [3.8, 4) is 17.2 Å². The highest BCUT2D eigenvalue weighted by molar-refractivity contribution is 6.03.